The maximum absolute atomic E-state index is 12.0. The van der Waals surface area contributed by atoms with E-state index in [2.05, 4.69) is 32.3 Å². The molecule has 0 spiro atoms. The van der Waals surface area contributed by atoms with Crippen LogP contribution in [0.25, 0.3) is 0 Å². The highest BCUT2D eigenvalue weighted by molar-refractivity contribution is 7.14. The molecule has 6 nitrogen and oxygen atoms in total. The van der Waals surface area contributed by atoms with Crippen molar-refractivity contribution in [3.8, 4) is 11.8 Å². The van der Waals surface area contributed by atoms with Crippen molar-refractivity contribution >= 4 is 17.2 Å². The average molecular weight is 290 g/mol. The molecular weight excluding hydrogens is 276 g/mol. The topological polar surface area (TPSA) is 90.9 Å². The van der Waals surface area contributed by atoms with Crippen molar-refractivity contribution in [2.75, 3.05) is 6.61 Å². The van der Waals surface area contributed by atoms with E-state index in [0.717, 1.165) is 4.88 Å². The van der Waals surface area contributed by atoms with Gasteiger partial charge in [-0.25, -0.2) is 4.98 Å². The lowest BCUT2D eigenvalue weighted by atomic mass is 10.3. The summed E-state index contributed by atoms with van der Waals surface area (Å²) in [6.07, 6.45) is 1.83. The molecule has 2 aromatic rings. The van der Waals surface area contributed by atoms with Gasteiger partial charge in [0.25, 0.3) is 5.91 Å². The molecule has 1 unspecified atom stereocenters. The molecule has 7 heteroatoms. The Balaban J connectivity index is 1.98. The molecule has 1 atom stereocenters. The van der Waals surface area contributed by atoms with Gasteiger partial charge in [-0.3, -0.25) is 9.89 Å². The van der Waals surface area contributed by atoms with Gasteiger partial charge in [-0.05, 0) is 19.1 Å². The van der Waals surface area contributed by atoms with Crippen LogP contribution in [-0.2, 0) is 0 Å². The normalized spacial score (nSPS) is 11.5. The number of amides is 1. The standard InChI is InChI=1S/C13H14N4O2S/c1-9(12-14-8-15-17-12)16-13(19)11-6-5-10(20-11)4-2-3-7-18/h5-6,8-9,18H,3,7H2,1H3,(H,16,19)(H,14,15,17). The summed E-state index contributed by atoms with van der Waals surface area (Å²) in [6.45, 7) is 1.87. The molecule has 3 N–H and O–H groups in total. The van der Waals surface area contributed by atoms with Crippen molar-refractivity contribution < 1.29 is 9.90 Å². The van der Waals surface area contributed by atoms with Gasteiger partial charge in [0.2, 0.25) is 0 Å². The molecule has 0 aliphatic carbocycles. The molecule has 1 amide bonds. The first-order chi connectivity index (χ1) is 9.70. The minimum Gasteiger partial charge on any atom is -0.395 e. The van der Waals surface area contributed by atoms with Gasteiger partial charge in [-0.2, -0.15) is 5.10 Å². The summed E-state index contributed by atoms with van der Waals surface area (Å²) in [5, 5.41) is 17.9. The molecular formula is C13H14N4O2S. The van der Waals surface area contributed by atoms with E-state index < -0.39 is 0 Å². The van der Waals surface area contributed by atoms with Crippen molar-refractivity contribution in [2.45, 2.75) is 19.4 Å². The van der Waals surface area contributed by atoms with Crippen molar-refractivity contribution in [1.82, 2.24) is 20.5 Å². The minimum atomic E-state index is -0.240. The van der Waals surface area contributed by atoms with Crippen LogP contribution in [0.5, 0.6) is 0 Å². The summed E-state index contributed by atoms with van der Waals surface area (Å²) in [6, 6.07) is 3.29. The molecule has 2 rings (SSSR count). The zero-order chi connectivity index (χ0) is 14.4. The first-order valence-corrected chi connectivity index (χ1v) is 6.88. The summed E-state index contributed by atoms with van der Waals surface area (Å²) in [5.41, 5.74) is 0. The number of aliphatic hydroxyl groups is 1. The largest absolute Gasteiger partial charge is 0.395 e. The highest BCUT2D eigenvalue weighted by atomic mass is 32.1. The van der Waals surface area contributed by atoms with E-state index >= 15 is 0 Å². The van der Waals surface area contributed by atoms with Gasteiger partial charge in [0, 0.05) is 6.42 Å². The Morgan fingerprint density at radius 3 is 3.15 bits per heavy atom. The number of hydrogen-bond donors (Lipinski definition) is 3. The molecule has 0 aliphatic heterocycles. The minimum absolute atomic E-state index is 0.0421. The summed E-state index contributed by atoms with van der Waals surface area (Å²) in [4.78, 5) is 17.4. The molecule has 0 saturated carbocycles. The van der Waals surface area contributed by atoms with Crippen LogP contribution in [0.1, 0.15) is 39.8 Å². The molecule has 0 fully saturated rings. The number of carbonyl (C=O) groups is 1. The summed E-state index contributed by atoms with van der Waals surface area (Å²) in [5.74, 6) is 6.16. The predicted molar refractivity (Wildman–Crippen MR) is 75.2 cm³/mol. The third-order valence-electron chi connectivity index (χ3n) is 2.47. The fourth-order valence-corrected chi connectivity index (χ4v) is 2.28. The third-order valence-corrected chi connectivity index (χ3v) is 3.47. The lowest BCUT2D eigenvalue weighted by molar-refractivity contribution is 0.0942. The maximum Gasteiger partial charge on any atom is 0.261 e. The number of carbonyl (C=O) groups excluding carboxylic acids is 1. The first kappa shape index (κ1) is 14.2. The van der Waals surface area contributed by atoms with E-state index in [4.69, 9.17) is 5.11 Å². The number of aliphatic hydroxyl groups excluding tert-OH is 1. The second-order valence-corrected chi connectivity index (χ2v) is 5.09. The zero-order valence-corrected chi connectivity index (χ0v) is 11.7. The van der Waals surface area contributed by atoms with Gasteiger partial charge >= 0.3 is 0 Å². The van der Waals surface area contributed by atoms with Gasteiger partial charge < -0.3 is 10.4 Å². The number of hydrogen-bond acceptors (Lipinski definition) is 5. The highest BCUT2D eigenvalue weighted by Crippen LogP contribution is 2.16. The smallest absolute Gasteiger partial charge is 0.261 e. The van der Waals surface area contributed by atoms with E-state index in [9.17, 15) is 4.79 Å². The van der Waals surface area contributed by atoms with Crippen LogP contribution < -0.4 is 5.32 Å². The lowest BCUT2D eigenvalue weighted by Gasteiger charge is -2.09. The van der Waals surface area contributed by atoms with E-state index in [0.29, 0.717) is 17.1 Å². The van der Waals surface area contributed by atoms with E-state index in [1.807, 2.05) is 6.92 Å². The monoisotopic (exact) mass is 290 g/mol. The van der Waals surface area contributed by atoms with Crippen LogP contribution in [-0.4, -0.2) is 32.8 Å². The number of thiophene rings is 1. The fourth-order valence-electron chi connectivity index (χ4n) is 1.49. The molecule has 0 bridgehead atoms. The van der Waals surface area contributed by atoms with Gasteiger partial charge in [-0.1, -0.05) is 11.8 Å². The van der Waals surface area contributed by atoms with Gasteiger partial charge in [-0.15, -0.1) is 11.3 Å². The Morgan fingerprint density at radius 2 is 2.45 bits per heavy atom. The molecule has 2 heterocycles. The summed E-state index contributed by atoms with van der Waals surface area (Å²) >= 11 is 1.32. The number of aromatic amines is 1. The van der Waals surface area contributed by atoms with E-state index in [1.165, 1.54) is 17.7 Å². The number of rotatable bonds is 4. The van der Waals surface area contributed by atoms with Crippen LogP contribution in [0, 0.1) is 11.8 Å². The molecule has 0 saturated heterocycles. The Morgan fingerprint density at radius 1 is 1.60 bits per heavy atom. The molecule has 0 aromatic carbocycles. The SMILES string of the molecule is CC(NC(=O)c1ccc(C#CCCO)s1)c1ncn[nH]1. The second kappa shape index (κ2) is 6.84. The van der Waals surface area contributed by atoms with Gasteiger partial charge in [0.05, 0.1) is 22.4 Å². The molecule has 20 heavy (non-hydrogen) atoms. The van der Waals surface area contributed by atoms with E-state index in [1.54, 1.807) is 12.1 Å². The predicted octanol–water partition coefficient (Wildman–Crippen LogP) is 1.09. The van der Waals surface area contributed by atoms with Crippen molar-refractivity contribution in [3.63, 3.8) is 0 Å². The van der Waals surface area contributed by atoms with Crippen molar-refractivity contribution in [3.05, 3.63) is 34.0 Å². The van der Waals surface area contributed by atoms with Crippen LogP contribution in [0.15, 0.2) is 18.5 Å². The van der Waals surface area contributed by atoms with Gasteiger partial charge in [0.1, 0.15) is 12.2 Å². The molecule has 2 aromatic heterocycles. The second-order valence-electron chi connectivity index (χ2n) is 4.01. The highest BCUT2D eigenvalue weighted by Gasteiger charge is 2.14. The first-order valence-electron chi connectivity index (χ1n) is 6.06. The molecule has 0 aliphatic rings. The zero-order valence-electron chi connectivity index (χ0n) is 10.9. The van der Waals surface area contributed by atoms with Crippen LogP contribution in [0.3, 0.4) is 0 Å². The average Bonchev–Trinajstić information content (AvgIpc) is 3.10. The number of nitrogens with zero attached hydrogens (tertiary/aromatic N) is 2. The van der Waals surface area contributed by atoms with Crippen LogP contribution >= 0.6 is 11.3 Å². The number of H-pyrrole nitrogens is 1. The van der Waals surface area contributed by atoms with E-state index in [-0.39, 0.29) is 18.6 Å². The van der Waals surface area contributed by atoms with Crippen molar-refractivity contribution in [2.24, 2.45) is 0 Å². The molecule has 104 valence electrons. The van der Waals surface area contributed by atoms with Crippen LogP contribution in [0.2, 0.25) is 0 Å². The Bertz CT molecular complexity index is 624. The Kier molecular flexibility index (Phi) is 4.87. The Labute approximate surface area is 120 Å². The molecule has 0 radical (unpaired) electrons. The quantitative estimate of drug-likeness (QED) is 0.735. The van der Waals surface area contributed by atoms with Crippen LogP contribution in [0.4, 0.5) is 0 Å². The fraction of sp³-hybridized carbons (Fsp3) is 0.308. The summed E-state index contributed by atoms with van der Waals surface area (Å²) < 4.78 is 0. The number of aromatic nitrogens is 3. The summed E-state index contributed by atoms with van der Waals surface area (Å²) in [7, 11) is 0. The van der Waals surface area contributed by atoms with Gasteiger partial charge in [0.15, 0.2) is 0 Å². The third kappa shape index (κ3) is 3.66. The number of nitrogens with one attached hydrogen (secondary N) is 2. The Hall–Kier alpha value is -2.17. The maximum atomic E-state index is 12.0. The lowest BCUT2D eigenvalue weighted by Crippen LogP contribution is -2.26. The van der Waals surface area contributed by atoms with Crippen molar-refractivity contribution in [1.29, 1.82) is 0 Å².